The van der Waals surface area contributed by atoms with Gasteiger partial charge < -0.3 is 19.9 Å². The smallest absolute Gasteiger partial charge is 0.273 e. The molecule has 0 saturated carbocycles. The van der Waals surface area contributed by atoms with Gasteiger partial charge in [-0.2, -0.15) is 0 Å². The summed E-state index contributed by atoms with van der Waals surface area (Å²) in [6, 6.07) is 21.8. The van der Waals surface area contributed by atoms with Crippen molar-refractivity contribution in [2.75, 3.05) is 5.32 Å². The van der Waals surface area contributed by atoms with E-state index in [-0.39, 0.29) is 24.1 Å². The summed E-state index contributed by atoms with van der Waals surface area (Å²) in [5.74, 6) is 0.564. The number of amides is 2. The Labute approximate surface area is 182 Å². The first-order chi connectivity index (χ1) is 15.2. The highest BCUT2D eigenvalue weighted by Gasteiger charge is 2.13. The van der Waals surface area contributed by atoms with Crippen LogP contribution >= 0.6 is 11.3 Å². The van der Waals surface area contributed by atoms with E-state index < -0.39 is 0 Å². The molecule has 8 heteroatoms. The first kappa shape index (κ1) is 20.4. The van der Waals surface area contributed by atoms with Crippen LogP contribution in [0.4, 0.5) is 5.69 Å². The van der Waals surface area contributed by atoms with Crippen molar-refractivity contribution in [3.8, 4) is 5.75 Å². The van der Waals surface area contributed by atoms with Gasteiger partial charge >= 0.3 is 0 Å². The second-order valence-electron chi connectivity index (χ2n) is 6.59. The second-order valence-corrected chi connectivity index (χ2v) is 7.54. The summed E-state index contributed by atoms with van der Waals surface area (Å²) < 4.78 is 10.9. The molecule has 0 atom stereocenters. The van der Waals surface area contributed by atoms with E-state index in [9.17, 15) is 9.59 Å². The number of benzene rings is 2. The number of hydrogen-bond acceptors (Lipinski definition) is 6. The minimum absolute atomic E-state index is 0.125. The third-order valence-corrected chi connectivity index (χ3v) is 5.19. The maximum atomic E-state index is 12.2. The summed E-state index contributed by atoms with van der Waals surface area (Å²) in [5, 5.41) is 11.3. The van der Waals surface area contributed by atoms with Crippen LogP contribution in [0.3, 0.4) is 0 Å². The third-order valence-electron chi connectivity index (χ3n) is 4.33. The second kappa shape index (κ2) is 9.73. The monoisotopic (exact) mass is 433 g/mol. The molecule has 31 heavy (non-hydrogen) atoms. The van der Waals surface area contributed by atoms with Crippen molar-refractivity contribution in [2.24, 2.45) is 0 Å². The molecule has 2 amide bonds. The highest BCUT2D eigenvalue weighted by atomic mass is 32.1. The molecule has 0 aliphatic carbocycles. The van der Waals surface area contributed by atoms with Gasteiger partial charge in [0.2, 0.25) is 0 Å². The Balaban J connectivity index is 1.26. The molecule has 2 aromatic carbocycles. The predicted octanol–water partition coefficient (Wildman–Crippen LogP) is 4.50. The Morgan fingerprint density at radius 2 is 1.77 bits per heavy atom. The van der Waals surface area contributed by atoms with Crippen LogP contribution in [0.5, 0.6) is 5.75 Å². The van der Waals surface area contributed by atoms with Crippen molar-refractivity contribution in [3.63, 3.8) is 0 Å². The third kappa shape index (κ3) is 5.58. The SMILES string of the molecule is O=C(NCc1ccccc1)c1cc(COc2ccc(NC(=O)c3cccs3)cc2)on1. The fourth-order valence-corrected chi connectivity index (χ4v) is 3.37. The number of hydrogen-bond donors (Lipinski definition) is 2. The summed E-state index contributed by atoms with van der Waals surface area (Å²) in [5.41, 5.74) is 1.86. The van der Waals surface area contributed by atoms with Gasteiger partial charge in [-0.3, -0.25) is 9.59 Å². The largest absolute Gasteiger partial charge is 0.486 e. The van der Waals surface area contributed by atoms with E-state index >= 15 is 0 Å². The number of anilines is 1. The molecule has 0 saturated heterocycles. The fraction of sp³-hybridized carbons (Fsp3) is 0.0870. The highest BCUT2D eigenvalue weighted by molar-refractivity contribution is 7.12. The Kier molecular flexibility index (Phi) is 6.39. The predicted molar refractivity (Wildman–Crippen MR) is 117 cm³/mol. The molecule has 4 aromatic rings. The van der Waals surface area contributed by atoms with E-state index in [4.69, 9.17) is 9.26 Å². The molecule has 0 aliphatic rings. The molecule has 7 nitrogen and oxygen atoms in total. The molecule has 2 aromatic heterocycles. The zero-order chi connectivity index (χ0) is 21.5. The first-order valence-corrected chi connectivity index (χ1v) is 10.4. The van der Waals surface area contributed by atoms with Crippen LogP contribution in [0.2, 0.25) is 0 Å². The average molecular weight is 433 g/mol. The van der Waals surface area contributed by atoms with Gasteiger partial charge in [0.1, 0.15) is 12.4 Å². The lowest BCUT2D eigenvalue weighted by molar-refractivity contribution is 0.0940. The molecule has 0 radical (unpaired) electrons. The van der Waals surface area contributed by atoms with Crippen LogP contribution in [0, 0.1) is 0 Å². The quantitative estimate of drug-likeness (QED) is 0.427. The normalized spacial score (nSPS) is 10.5. The van der Waals surface area contributed by atoms with E-state index in [2.05, 4.69) is 15.8 Å². The molecule has 2 heterocycles. The summed E-state index contributed by atoms with van der Waals surface area (Å²) in [4.78, 5) is 24.9. The molecular weight excluding hydrogens is 414 g/mol. The van der Waals surface area contributed by atoms with E-state index in [1.807, 2.05) is 41.8 Å². The van der Waals surface area contributed by atoms with E-state index in [1.165, 1.54) is 11.3 Å². The summed E-state index contributed by atoms with van der Waals surface area (Å²) in [7, 11) is 0. The van der Waals surface area contributed by atoms with Gasteiger partial charge in [0.05, 0.1) is 4.88 Å². The van der Waals surface area contributed by atoms with Crippen molar-refractivity contribution in [3.05, 3.63) is 100 Å². The summed E-state index contributed by atoms with van der Waals surface area (Å²) in [6.07, 6.45) is 0. The highest BCUT2D eigenvalue weighted by Crippen LogP contribution is 2.19. The van der Waals surface area contributed by atoms with Crippen LogP contribution in [-0.2, 0) is 13.2 Å². The van der Waals surface area contributed by atoms with Crippen molar-refractivity contribution >= 4 is 28.8 Å². The van der Waals surface area contributed by atoms with Gasteiger partial charge in [-0.1, -0.05) is 41.6 Å². The lowest BCUT2D eigenvalue weighted by Crippen LogP contribution is -2.22. The zero-order valence-electron chi connectivity index (χ0n) is 16.4. The number of nitrogens with zero attached hydrogens (tertiary/aromatic N) is 1. The molecule has 4 rings (SSSR count). The molecule has 0 spiro atoms. The minimum Gasteiger partial charge on any atom is -0.486 e. The van der Waals surface area contributed by atoms with Crippen LogP contribution < -0.4 is 15.4 Å². The Bertz CT molecular complexity index is 1140. The molecule has 156 valence electrons. The van der Waals surface area contributed by atoms with Crippen LogP contribution in [-0.4, -0.2) is 17.0 Å². The fourth-order valence-electron chi connectivity index (χ4n) is 2.75. The van der Waals surface area contributed by atoms with Gasteiger partial charge in [0.15, 0.2) is 11.5 Å². The van der Waals surface area contributed by atoms with Gasteiger partial charge in [0.25, 0.3) is 11.8 Å². The molecule has 0 fully saturated rings. The van der Waals surface area contributed by atoms with Crippen molar-refractivity contribution in [1.29, 1.82) is 0 Å². The Morgan fingerprint density at radius 3 is 2.52 bits per heavy atom. The maximum absolute atomic E-state index is 12.2. The molecular formula is C23H19N3O4S. The number of thiophene rings is 1. The first-order valence-electron chi connectivity index (χ1n) is 9.53. The van der Waals surface area contributed by atoms with Gasteiger partial charge in [-0.25, -0.2) is 0 Å². The summed E-state index contributed by atoms with van der Waals surface area (Å²) >= 11 is 1.38. The molecule has 0 bridgehead atoms. The Hall–Kier alpha value is -3.91. The lowest BCUT2D eigenvalue weighted by atomic mass is 10.2. The molecule has 2 N–H and O–H groups in total. The van der Waals surface area contributed by atoms with E-state index in [0.29, 0.717) is 28.6 Å². The number of ether oxygens (including phenoxy) is 1. The number of aromatic nitrogens is 1. The van der Waals surface area contributed by atoms with Gasteiger partial charge in [-0.15, -0.1) is 11.3 Å². The molecule has 0 unspecified atom stereocenters. The average Bonchev–Trinajstić information content (AvgIpc) is 3.50. The van der Waals surface area contributed by atoms with E-state index in [0.717, 1.165) is 5.56 Å². The van der Waals surface area contributed by atoms with Crippen LogP contribution in [0.1, 0.15) is 31.5 Å². The van der Waals surface area contributed by atoms with Crippen LogP contribution in [0.25, 0.3) is 0 Å². The lowest BCUT2D eigenvalue weighted by Gasteiger charge is -2.06. The number of rotatable bonds is 8. The maximum Gasteiger partial charge on any atom is 0.273 e. The summed E-state index contributed by atoms with van der Waals surface area (Å²) in [6.45, 7) is 0.535. The van der Waals surface area contributed by atoms with E-state index in [1.54, 1.807) is 36.4 Å². The van der Waals surface area contributed by atoms with Crippen LogP contribution in [0.15, 0.2) is 82.7 Å². The minimum atomic E-state index is -0.315. The van der Waals surface area contributed by atoms with Gasteiger partial charge in [0, 0.05) is 18.3 Å². The topological polar surface area (TPSA) is 93.5 Å². The Morgan fingerprint density at radius 1 is 0.968 bits per heavy atom. The number of carbonyl (C=O) groups excluding carboxylic acids is 2. The standard InChI is InChI=1S/C23H19N3O4S/c27-22(24-14-16-5-2-1-3-6-16)20-13-19(30-26-20)15-29-18-10-8-17(9-11-18)25-23(28)21-7-4-12-31-21/h1-13H,14-15H2,(H,24,27)(H,25,28). The van der Waals surface area contributed by atoms with Crippen molar-refractivity contribution in [1.82, 2.24) is 10.5 Å². The van der Waals surface area contributed by atoms with Crippen molar-refractivity contribution < 1.29 is 18.8 Å². The molecule has 0 aliphatic heterocycles. The zero-order valence-corrected chi connectivity index (χ0v) is 17.2. The van der Waals surface area contributed by atoms with Gasteiger partial charge in [-0.05, 0) is 41.3 Å². The number of nitrogens with one attached hydrogen (secondary N) is 2. The van der Waals surface area contributed by atoms with Crippen molar-refractivity contribution in [2.45, 2.75) is 13.2 Å². The number of carbonyl (C=O) groups is 2.